The Bertz CT molecular complexity index is 90.6. The van der Waals surface area contributed by atoms with Crippen molar-refractivity contribution in [3.63, 3.8) is 0 Å². The summed E-state index contributed by atoms with van der Waals surface area (Å²) in [5, 5.41) is 9.30. The minimum atomic E-state index is -0.0128. The molecule has 0 radical (unpaired) electrons. The topological polar surface area (TPSA) is 20.2 Å². The van der Waals surface area contributed by atoms with Gasteiger partial charge in [0.05, 0.1) is 6.10 Å². The van der Waals surface area contributed by atoms with Crippen LogP contribution >= 0.6 is 0 Å². The van der Waals surface area contributed by atoms with E-state index in [4.69, 9.17) is 0 Å². The van der Waals surface area contributed by atoms with Crippen LogP contribution in [0.3, 0.4) is 0 Å². The minimum Gasteiger partial charge on any atom is -0.393 e. The van der Waals surface area contributed by atoms with Gasteiger partial charge in [-0.3, -0.25) is 0 Å². The van der Waals surface area contributed by atoms with Crippen molar-refractivity contribution in [2.75, 3.05) is 0 Å². The number of rotatable bonds is 0. The van der Waals surface area contributed by atoms with Gasteiger partial charge in [-0.2, -0.15) is 0 Å². The summed E-state index contributed by atoms with van der Waals surface area (Å²) in [5.41, 5.74) is 0. The smallest absolute Gasteiger partial charge is 0.0566 e. The Hall–Kier alpha value is -0.0400. The Morgan fingerprint density at radius 3 is 2.33 bits per heavy atom. The fourth-order valence-electron chi connectivity index (χ4n) is 1.65. The third kappa shape index (κ3) is 1.68. The summed E-state index contributed by atoms with van der Waals surface area (Å²) in [6.45, 7) is 4.41. The molecule has 0 unspecified atom stereocenters. The van der Waals surface area contributed by atoms with Gasteiger partial charge in [-0.25, -0.2) is 0 Å². The lowest BCUT2D eigenvalue weighted by molar-refractivity contribution is 0.0611. The average molecular weight is 128 g/mol. The van der Waals surface area contributed by atoms with Crippen LogP contribution < -0.4 is 0 Å². The van der Waals surface area contributed by atoms with Crippen LogP contribution in [0.15, 0.2) is 0 Å². The van der Waals surface area contributed by atoms with E-state index >= 15 is 0 Å². The Balaban J connectivity index is 2.35. The Kier molecular flexibility index (Phi) is 2.12. The van der Waals surface area contributed by atoms with Crippen molar-refractivity contribution in [3.05, 3.63) is 0 Å². The summed E-state index contributed by atoms with van der Waals surface area (Å²) < 4.78 is 0. The van der Waals surface area contributed by atoms with E-state index in [1.54, 1.807) is 0 Å². The number of hydrogen-bond donors (Lipinski definition) is 1. The zero-order chi connectivity index (χ0) is 6.85. The second-order valence-corrected chi connectivity index (χ2v) is 3.46. The molecule has 1 nitrogen and oxygen atoms in total. The molecule has 0 heterocycles. The van der Waals surface area contributed by atoms with Gasteiger partial charge in [0.15, 0.2) is 0 Å². The van der Waals surface area contributed by atoms with Crippen molar-refractivity contribution in [1.29, 1.82) is 0 Å². The van der Waals surface area contributed by atoms with E-state index in [-0.39, 0.29) is 6.10 Å². The van der Waals surface area contributed by atoms with Gasteiger partial charge in [0.2, 0.25) is 0 Å². The highest BCUT2D eigenvalue weighted by Gasteiger charge is 2.22. The second kappa shape index (κ2) is 2.70. The normalized spacial score (nSPS) is 45.0. The molecule has 0 amide bonds. The van der Waals surface area contributed by atoms with Gasteiger partial charge in [-0.15, -0.1) is 0 Å². The molecule has 1 fully saturated rings. The van der Waals surface area contributed by atoms with Gasteiger partial charge in [0, 0.05) is 0 Å². The average Bonchev–Trinajstić information content (AvgIpc) is 1.80. The number of hydrogen-bond acceptors (Lipinski definition) is 1. The highest BCUT2D eigenvalue weighted by atomic mass is 16.3. The van der Waals surface area contributed by atoms with Crippen LogP contribution in [0.5, 0.6) is 0 Å². The van der Waals surface area contributed by atoms with Crippen LogP contribution in [0.2, 0.25) is 0 Å². The van der Waals surface area contributed by atoms with Gasteiger partial charge in [-0.05, 0) is 31.1 Å². The van der Waals surface area contributed by atoms with Crippen molar-refractivity contribution >= 4 is 0 Å². The fourth-order valence-corrected chi connectivity index (χ4v) is 1.65. The summed E-state index contributed by atoms with van der Waals surface area (Å²) in [5.74, 6) is 1.37. The molecule has 0 aromatic carbocycles. The van der Waals surface area contributed by atoms with Crippen LogP contribution in [-0.2, 0) is 0 Å². The maximum absolute atomic E-state index is 9.30. The van der Waals surface area contributed by atoms with Gasteiger partial charge in [0.25, 0.3) is 0 Å². The lowest BCUT2D eigenvalue weighted by Crippen LogP contribution is -2.25. The van der Waals surface area contributed by atoms with E-state index in [0.29, 0.717) is 5.92 Å². The van der Waals surface area contributed by atoms with Gasteiger partial charge in [0.1, 0.15) is 0 Å². The quantitative estimate of drug-likeness (QED) is 0.527. The van der Waals surface area contributed by atoms with E-state index in [2.05, 4.69) is 13.8 Å². The molecule has 1 saturated carbocycles. The molecule has 0 bridgehead atoms. The van der Waals surface area contributed by atoms with Crippen molar-refractivity contribution < 1.29 is 5.11 Å². The molecule has 54 valence electrons. The molecule has 0 saturated heterocycles. The van der Waals surface area contributed by atoms with E-state index in [9.17, 15) is 5.11 Å². The van der Waals surface area contributed by atoms with Crippen molar-refractivity contribution in [1.82, 2.24) is 0 Å². The molecule has 1 N–H and O–H groups in total. The zero-order valence-corrected chi connectivity index (χ0v) is 6.30. The Morgan fingerprint density at radius 1 is 1.22 bits per heavy atom. The standard InChI is InChI=1S/C8H16O/c1-6-3-4-8(9)7(2)5-6/h6-9H,3-5H2,1-2H3/t6-,7-,8+/m0/s1. The molecule has 0 aromatic heterocycles. The van der Waals surface area contributed by atoms with Crippen LogP contribution in [0.4, 0.5) is 0 Å². The summed E-state index contributed by atoms with van der Waals surface area (Å²) in [6, 6.07) is 0. The van der Waals surface area contributed by atoms with Gasteiger partial charge < -0.3 is 5.11 Å². The van der Waals surface area contributed by atoms with Gasteiger partial charge in [-0.1, -0.05) is 13.8 Å². The molecule has 1 rings (SSSR count). The van der Waals surface area contributed by atoms with Crippen molar-refractivity contribution in [2.24, 2.45) is 11.8 Å². The molecule has 9 heavy (non-hydrogen) atoms. The predicted molar refractivity (Wildman–Crippen MR) is 38.2 cm³/mol. The Morgan fingerprint density at radius 2 is 1.89 bits per heavy atom. The molecular weight excluding hydrogens is 112 g/mol. The molecule has 0 aromatic rings. The van der Waals surface area contributed by atoms with E-state index < -0.39 is 0 Å². The SMILES string of the molecule is C[C@H]1CC[C@@H](O)[C@@H](C)C1. The monoisotopic (exact) mass is 128 g/mol. The predicted octanol–water partition coefficient (Wildman–Crippen LogP) is 1.80. The third-order valence-electron chi connectivity index (χ3n) is 2.39. The highest BCUT2D eigenvalue weighted by Crippen LogP contribution is 2.28. The zero-order valence-electron chi connectivity index (χ0n) is 6.30. The van der Waals surface area contributed by atoms with Crippen molar-refractivity contribution in [3.8, 4) is 0 Å². The first-order chi connectivity index (χ1) is 4.20. The Labute approximate surface area is 57.1 Å². The molecule has 0 spiro atoms. The van der Waals surface area contributed by atoms with Gasteiger partial charge >= 0.3 is 0 Å². The summed E-state index contributed by atoms with van der Waals surface area (Å²) >= 11 is 0. The summed E-state index contributed by atoms with van der Waals surface area (Å²) in [4.78, 5) is 0. The lowest BCUT2D eigenvalue weighted by Gasteiger charge is -2.28. The minimum absolute atomic E-state index is 0.0128. The summed E-state index contributed by atoms with van der Waals surface area (Å²) in [7, 11) is 0. The van der Waals surface area contributed by atoms with Crippen LogP contribution in [0.1, 0.15) is 33.1 Å². The number of aliphatic hydroxyl groups excluding tert-OH is 1. The van der Waals surface area contributed by atoms with E-state index in [1.807, 2.05) is 0 Å². The molecule has 0 aliphatic heterocycles. The number of aliphatic hydroxyl groups is 1. The molecule has 1 aliphatic carbocycles. The first kappa shape index (κ1) is 7.07. The van der Waals surface area contributed by atoms with Crippen LogP contribution in [0, 0.1) is 11.8 Å². The molecule has 1 aliphatic rings. The fraction of sp³-hybridized carbons (Fsp3) is 1.00. The summed E-state index contributed by atoms with van der Waals surface area (Å²) in [6.07, 6.45) is 3.43. The third-order valence-corrected chi connectivity index (χ3v) is 2.39. The first-order valence-electron chi connectivity index (χ1n) is 3.88. The maximum Gasteiger partial charge on any atom is 0.0566 e. The maximum atomic E-state index is 9.30. The second-order valence-electron chi connectivity index (χ2n) is 3.46. The van der Waals surface area contributed by atoms with Crippen LogP contribution in [-0.4, -0.2) is 11.2 Å². The van der Waals surface area contributed by atoms with Crippen LogP contribution in [0.25, 0.3) is 0 Å². The molecule has 3 atom stereocenters. The molecule has 1 heteroatoms. The first-order valence-corrected chi connectivity index (χ1v) is 3.88. The van der Waals surface area contributed by atoms with Crippen molar-refractivity contribution in [2.45, 2.75) is 39.2 Å². The van der Waals surface area contributed by atoms with E-state index in [1.165, 1.54) is 12.8 Å². The lowest BCUT2D eigenvalue weighted by atomic mass is 9.81. The highest BCUT2D eigenvalue weighted by molar-refractivity contribution is 4.74. The van der Waals surface area contributed by atoms with E-state index in [0.717, 1.165) is 12.3 Å². The largest absolute Gasteiger partial charge is 0.393 e. The molecular formula is C8H16O.